The molecular formula is C22H15F3N2O2S. The first-order valence-electron chi connectivity index (χ1n) is 8.88. The van der Waals surface area contributed by atoms with Gasteiger partial charge in [0.15, 0.2) is 15.5 Å². The van der Waals surface area contributed by atoms with Crippen molar-refractivity contribution >= 4 is 20.9 Å². The van der Waals surface area contributed by atoms with Gasteiger partial charge in [-0.2, -0.15) is 13.2 Å². The summed E-state index contributed by atoms with van der Waals surface area (Å²) in [6, 6.07) is 19.0. The minimum absolute atomic E-state index is 0.152. The molecule has 0 amide bonds. The van der Waals surface area contributed by atoms with Crippen molar-refractivity contribution in [1.82, 2.24) is 9.97 Å². The van der Waals surface area contributed by atoms with E-state index in [0.717, 1.165) is 6.26 Å². The van der Waals surface area contributed by atoms with Crippen molar-refractivity contribution in [3.63, 3.8) is 0 Å². The van der Waals surface area contributed by atoms with Crippen molar-refractivity contribution in [1.29, 1.82) is 0 Å². The van der Waals surface area contributed by atoms with Crippen LogP contribution in [0.1, 0.15) is 5.69 Å². The number of fused-ring (bicyclic) bond motifs is 1. The molecule has 4 rings (SSSR count). The number of para-hydroxylation sites is 2. The van der Waals surface area contributed by atoms with Gasteiger partial charge >= 0.3 is 6.18 Å². The number of rotatable bonds is 3. The van der Waals surface area contributed by atoms with Crippen molar-refractivity contribution in [2.24, 2.45) is 0 Å². The van der Waals surface area contributed by atoms with Crippen LogP contribution in [0.2, 0.25) is 0 Å². The standard InChI is InChI=1S/C22H15F3N2O2S/c1-30(28,29)19-9-5-2-6-16(19)14-10-12-15(13-11-14)20-21(22(23,24)25)27-18-8-4-3-7-17(18)26-20/h2-13H,1H3. The molecule has 0 unspecified atom stereocenters. The minimum atomic E-state index is -4.67. The van der Waals surface area contributed by atoms with E-state index in [1.54, 1.807) is 48.5 Å². The molecule has 3 aromatic carbocycles. The van der Waals surface area contributed by atoms with Gasteiger partial charge in [-0.1, -0.05) is 54.6 Å². The third-order valence-electron chi connectivity index (χ3n) is 4.59. The molecule has 4 aromatic rings. The number of aromatic nitrogens is 2. The summed E-state index contributed by atoms with van der Waals surface area (Å²) in [5.41, 5.74) is 0.462. The molecule has 0 aliphatic carbocycles. The topological polar surface area (TPSA) is 59.9 Å². The van der Waals surface area contributed by atoms with Crippen LogP contribution in [0, 0.1) is 0 Å². The summed E-state index contributed by atoms with van der Waals surface area (Å²) >= 11 is 0. The maximum absolute atomic E-state index is 13.6. The Morgan fingerprint density at radius 1 is 0.733 bits per heavy atom. The summed E-state index contributed by atoms with van der Waals surface area (Å²) in [6.07, 6.45) is -3.56. The van der Waals surface area contributed by atoms with Gasteiger partial charge in [0.2, 0.25) is 0 Å². The van der Waals surface area contributed by atoms with Gasteiger partial charge in [-0.15, -0.1) is 0 Å². The largest absolute Gasteiger partial charge is 0.435 e. The second-order valence-corrected chi connectivity index (χ2v) is 8.74. The summed E-state index contributed by atoms with van der Waals surface area (Å²) in [5, 5.41) is 0. The Labute approximate surface area is 171 Å². The van der Waals surface area contributed by atoms with E-state index in [1.807, 2.05) is 0 Å². The van der Waals surface area contributed by atoms with Gasteiger partial charge in [0.25, 0.3) is 0 Å². The summed E-state index contributed by atoms with van der Waals surface area (Å²) in [4.78, 5) is 8.13. The predicted octanol–water partition coefficient (Wildman–Crippen LogP) is 5.39. The molecule has 152 valence electrons. The lowest BCUT2D eigenvalue weighted by molar-refractivity contribution is -0.140. The van der Waals surface area contributed by atoms with Gasteiger partial charge in [-0.3, -0.25) is 0 Å². The van der Waals surface area contributed by atoms with Crippen LogP contribution >= 0.6 is 0 Å². The van der Waals surface area contributed by atoms with Crippen molar-refractivity contribution in [3.8, 4) is 22.4 Å². The van der Waals surface area contributed by atoms with Crippen molar-refractivity contribution < 1.29 is 21.6 Å². The highest BCUT2D eigenvalue weighted by Crippen LogP contribution is 2.37. The zero-order valence-corrected chi connectivity index (χ0v) is 16.5. The van der Waals surface area contributed by atoms with Gasteiger partial charge in [0.1, 0.15) is 5.69 Å². The normalized spacial score (nSPS) is 12.3. The van der Waals surface area contributed by atoms with E-state index in [2.05, 4.69) is 9.97 Å². The van der Waals surface area contributed by atoms with Crippen molar-refractivity contribution in [2.45, 2.75) is 11.1 Å². The highest BCUT2D eigenvalue weighted by molar-refractivity contribution is 7.90. The summed E-state index contributed by atoms with van der Waals surface area (Å²) in [6.45, 7) is 0. The van der Waals surface area contributed by atoms with Crippen LogP contribution in [0.3, 0.4) is 0 Å². The van der Waals surface area contributed by atoms with E-state index >= 15 is 0 Å². The molecule has 0 saturated heterocycles. The molecule has 30 heavy (non-hydrogen) atoms. The van der Waals surface area contributed by atoms with Crippen LogP contribution < -0.4 is 0 Å². The molecule has 0 aliphatic rings. The van der Waals surface area contributed by atoms with Gasteiger partial charge in [0.05, 0.1) is 15.9 Å². The highest BCUT2D eigenvalue weighted by atomic mass is 32.2. The number of halogens is 3. The number of sulfone groups is 1. The number of nitrogens with zero attached hydrogens (tertiary/aromatic N) is 2. The van der Waals surface area contributed by atoms with E-state index in [0.29, 0.717) is 16.6 Å². The average Bonchev–Trinajstić information content (AvgIpc) is 2.72. The molecule has 0 radical (unpaired) electrons. The van der Waals surface area contributed by atoms with Crippen molar-refractivity contribution in [3.05, 3.63) is 78.5 Å². The molecule has 1 heterocycles. The van der Waals surface area contributed by atoms with Crippen LogP contribution in [-0.4, -0.2) is 24.6 Å². The smallest absolute Gasteiger partial charge is 0.244 e. The Hall–Kier alpha value is -3.26. The highest BCUT2D eigenvalue weighted by Gasteiger charge is 2.37. The third-order valence-corrected chi connectivity index (χ3v) is 5.75. The summed E-state index contributed by atoms with van der Waals surface area (Å²) in [7, 11) is -3.47. The maximum atomic E-state index is 13.6. The zero-order chi connectivity index (χ0) is 21.5. The quantitative estimate of drug-likeness (QED) is 0.439. The zero-order valence-electron chi connectivity index (χ0n) is 15.7. The van der Waals surface area contributed by atoms with E-state index in [1.165, 1.54) is 24.3 Å². The number of hydrogen-bond acceptors (Lipinski definition) is 4. The van der Waals surface area contributed by atoms with Crippen LogP contribution in [-0.2, 0) is 16.0 Å². The minimum Gasteiger partial charge on any atom is -0.244 e. The Balaban J connectivity index is 1.86. The summed E-state index contributed by atoms with van der Waals surface area (Å²) in [5.74, 6) is 0. The molecule has 0 bridgehead atoms. The van der Waals surface area contributed by atoms with Gasteiger partial charge in [0, 0.05) is 17.4 Å². The van der Waals surface area contributed by atoms with Crippen LogP contribution in [0.5, 0.6) is 0 Å². The lowest BCUT2D eigenvalue weighted by Gasteiger charge is -2.13. The lowest BCUT2D eigenvalue weighted by atomic mass is 10.0. The monoisotopic (exact) mass is 428 g/mol. The fraction of sp³-hybridized carbons (Fsp3) is 0.0909. The lowest BCUT2D eigenvalue weighted by Crippen LogP contribution is -2.12. The summed E-state index contributed by atoms with van der Waals surface area (Å²) < 4.78 is 65.0. The number of benzene rings is 3. The van der Waals surface area contributed by atoms with Gasteiger partial charge in [-0.25, -0.2) is 18.4 Å². The number of alkyl halides is 3. The molecule has 0 fully saturated rings. The molecule has 0 atom stereocenters. The molecular weight excluding hydrogens is 413 g/mol. The predicted molar refractivity (Wildman–Crippen MR) is 109 cm³/mol. The first kappa shape index (κ1) is 20.0. The van der Waals surface area contributed by atoms with Gasteiger partial charge in [-0.05, 0) is 23.8 Å². The maximum Gasteiger partial charge on any atom is 0.435 e. The molecule has 0 spiro atoms. The first-order chi connectivity index (χ1) is 14.1. The number of hydrogen-bond donors (Lipinski definition) is 0. The molecule has 0 saturated carbocycles. The van der Waals surface area contributed by atoms with Crippen molar-refractivity contribution in [2.75, 3.05) is 6.26 Å². The van der Waals surface area contributed by atoms with Crippen LogP contribution in [0.15, 0.2) is 77.7 Å². The van der Waals surface area contributed by atoms with E-state index in [9.17, 15) is 21.6 Å². The average molecular weight is 428 g/mol. The fourth-order valence-electron chi connectivity index (χ4n) is 3.24. The van der Waals surface area contributed by atoms with Gasteiger partial charge < -0.3 is 0 Å². The molecule has 8 heteroatoms. The molecule has 1 aromatic heterocycles. The van der Waals surface area contributed by atoms with Crippen LogP contribution in [0.25, 0.3) is 33.4 Å². The Morgan fingerprint density at radius 3 is 1.87 bits per heavy atom. The second kappa shape index (κ2) is 7.21. The van der Waals surface area contributed by atoms with Crippen LogP contribution in [0.4, 0.5) is 13.2 Å². The third kappa shape index (κ3) is 3.78. The van der Waals surface area contributed by atoms with E-state index in [4.69, 9.17) is 0 Å². The Bertz CT molecular complexity index is 1350. The SMILES string of the molecule is CS(=O)(=O)c1ccccc1-c1ccc(-c2nc3ccccc3nc2C(F)(F)F)cc1. The Kier molecular flexibility index (Phi) is 4.82. The molecule has 0 aliphatic heterocycles. The van der Waals surface area contributed by atoms with E-state index in [-0.39, 0.29) is 21.7 Å². The molecule has 0 N–H and O–H groups in total. The second-order valence-electron chi connectivity index (χ2n) is 6.75. The molecule has 4 nitrogen and oxygen atoms in total. The fourth-order valence-corrected chi connectivity index (χ4v) is 4.15. The van der Waals surface area contributed by atoms with E-state index < -0.39 is 21.7 Å². The Morgan fingerprint density at radius 2 is 1.27 bits per heavy atom. The first-order valence-corrected chi connectivity index (χ1v) is 10.8.